The third-order valence-electron chi connectivity index (χ3n) is 10.2. The van der Waals surface area contributed by atoms with Crippen molar-refractivity contribution < 1.29 is 8.83 Å². The Labute approximate surface area is 278 Å². The minimum Gasteiger partial charge on any atom is -0.456 e. The third kappa shape index (κ3) is 3.76. The van der Waals surface area contributed by atoms with Gasteiger partial charge in [0.2, 0.25) is 0 Å². The van der Waals surface area contributed by atoms with Gasteiger partial charge in [-0.3, -0.25) is 0 Å². The third-order valence-corrected chi connectivity index (χ3v) is 10.2. The van der Waals surface area contributed by atoms with Gasteiger partial charge in [-0.25, -0.2) is 0 Å². The number of nitrogens with zero attached hydrogens (tertiary/aromatic N) is 1. The number of benzene rings is 7. The van der Waals surface area contributed by atoms with E-state index in [0.717, 1.165) is 55.6 Å². The van der Waals surface area contributed by atoms with E-state index in [-0.39, 0.29) is 5.41 Å². The monoisotopic (exact) mass is 617 g/mol. The highest BCUT2D eigenvalue weighted by atomic mass is 16.3. The molecule has 7 aromatic carbocycles. The van der Waals surface area contributed by atoms with E-state index in [1.807, 2.05) is 12.1 Å². The highest BCUT2D eigenvalue weighted by molar-refractivity contribution is 6.18. The molecule has 0 fully saturated rings. The fourth-order valence-corrected chi connectivity index (χ4v) is 8.09. The lowest BCUT2D eigenvalue weighted by atomic mass is 9.80. The Kier molecular flexibility index (Phi) is 5.63. The van der Waals surface area contributed by atoms with Gasteiger partial charge in [-0.15, -0.1) is 0 Å². The normalized spacial score (nSPS) is 13.4. The molecule has 0 radical (unpaired) electrons. The van der Waals surface area contributed by atoms with Crippen LogP contribution in [0.1, 0.15) is 25.0 Å². The van der Waals surface area contributed by atoms with E-state index in [4.69, 9.17) is 8.83 Å². The summed E-state index contributed by atoms with van der Waals surface area (Å²) in [6.07, 6.45) is 0. The molecule has 10 rings (SSSR count). The second-order valence-electron chi connectivity index (χ2n) is 13.3. The molecule has 228 valence electrons. The van der Waals surface area contributed by atoms with Crippen molar-refractivity contribution in [1.82, 2.24) is 0 Å². The standard InChI is InChI=1S/C45H31NO2/c1-45(2)35-18-9-6-15-31(35)34-27-37(44-42(43(34)45)33-17-8-11-21-39(33)48-44)46(30-25-23-29(24-26-30)28-13-4-3-5-14-28)36-19-12-22-40-41(36)32-16-7-10-20-38(32)47-40/h3-27H,1-2H3. The van der Waals surface area contributed by atoms with Gasteiger partial charge < -0.3 is 13.7 Å². The van der Waals surface area contributed by atoms with Gasteiger partial charge in [0, 0.05) is 27.3 Å². The molecule has 0 spiro atoms. The average Bonchev–Trinajstić information content (AvgIpc) is 3.78. The molecule has 2 heterocycles. The summed E-state index contributed by atoms with van der Waals surface area (Å²) in [4.78, 5) is 2.37. The quantitative estimate of drug-likeness (QED) is 0.197. The Balaban J connectivity index is 1.33. The average molecular weight is 618 g/mol. The van der Waals surface area contributed by atoms with Gasteiger partial charge in [0.05, 0.1) is 16.8 Å². The number of para-hydroxylation sites is 2. The predicted molar refractivity (Wildman–Crippen MR) is 199 cm³/mol. The number of hydrogen-bond donors (Lipinski definition) is 0. The molecule has 0 bridgehead atoms. The van der Waals surface area contributed by atoms with Crippen LogP contribution in [0, 0.1) is 0 Å². The van der Waals surface area contributed by atoms with Crippen molar-refractivity contribution in [3.05, 3.63) is 163 Å². The van der Waals surface area contributed by atoms with Crippen LogP contribution < -0.4 is 4.90 Å². The molecule has 1 aliphatic rings. The van der Waals surface area contributed by atoms with Crippen LogP contribution in [-0.4, -0.2) is 0 Å². The van der Waals surface area contributed by atoms with Crippen LogP contribution in [0.5, 0.6) is 0 Å². The molecule has 0 unspecified atom stereocenters. The first-order chi connectivity index (χ1) is 23.6. The first kappa shape index (κ1) is 27.1. The second kappa shape index (κ2) is 9.97. The Morgan fingerprint density at radius 1 is 0.479 bits per heavy atom. The molecular weight excluding hydrogens is 587 g/mol. The van der Waals surface area contributed by atoms with E-state index < -0.39 is 0 Å². The Morgan fingerprint density at radius 2 is 1.10 bits per heavy atom. The molecule has 3 heteroatoms. The lowest BCUT2D eigenvalue weighted by Crippen LogP contribution is -2.16. The Morgan fingerprint density at radius 3 is 1.90 bits per heavy atom. The first-order valence-corrected chi connectivity index (χ1v) is 16.5. The minimum absolute atomic E-state index is 0.196. The van der Waals surface area contributed by atoms with Crippen LogP contribution in [0.3, 0.4) is 0 Å². The summed E-state index contributed by atoms with van der Waals surface area (Å²) in [5.74, 6) is 0. The summed E-state index contributed by atoms with van der Waals surface area (Å²) >= 11 is 0. The fourth-order valence-electron chi connectivity index (χ4n) is 8.09. The molecule has 3 nitrogen and oxygen atoms in total. The van der Waals surface area contributed by atoms with Crippen molar-refractivity contribution in [1.29, 1.82) is 0 Å². The van der Waals surface area contributed by atoms with Crippen LogP contribution in [-0.2, 0) is 5.41 Å². The second-order valence-corrected chi connectivity index (χ2v) is 13.3. The highest BCUT2D eigenvalue weighted by Crippen LogP contribution is 2.57. The van der Waals surface area contributed by atoms with Crippen LogP contribution in [0.4, 0.5) is 17.1 Å². The topological polar surface area (TPSA) is 29.5 Å². The van der Waals surface area contributed by atoms with Crippen molar-refractivity contribution in [2.45, 2.75) is 19.3 Å². The minimum atomic E-state index is -0.196. The van der Waals surface area contributed by atoms with Gasteiger partial charge in [-0.1, -0.05) is 123 Å². The van der Waals surface area contributed by atoms with Crippen molar-refractivity contribution in [2.75, 3.05) is 4.90 Å². The molecule has 0 N–H and O–H groups in total. The van der Waals surface area contributed by atoms with Crippen molar-refractivity contribution in [2.24, 2.45) is 0 Å². The summed E-state index contributed by atoms with van der Waals surface area (Å²) in [5.41, 5.74) is 13.9. The number of fused-ring (bicyclic) bond motifs is 10. The lowest BCUT2D eigenvalue weighted by molar-refractivity contribution is 0.657. The summed E-state index contributed by atoms with van der Waals surface area (Å²) in [7, 11) is 0. The number of hydrogen-bond acceptors (Lipinski definition) is 3. The molecule has 0 saturated heterocycles. The number of anilines is 3. The number of rotatable bonds is 4. The van der Waals surface area contributed by atoms with Crippen molar-refractivity contribution in [3.8, 4) is 22.3 Å². The molecule has 9 aromatic rings. The van der Waals surface area contributed by atoms with E-state index in [1.54, 1.807) is 0 Å². The van der Waals surface area contributed by atoms with Crippen molar-refractivity contribution in [3.63, 3.8) is 0 Å². The maximum absolute atomic E-state index is 6.93. The van der Waals surface area contributed by atoms with E-state index in [1.165, 1.54) is 38.8 Å². The van der Waals surface area contributed by atoms with Crippen LogP contribution in [0.15, 0.2) is 160 Å². The maximum Gasteiger partial charge on any atom is 0.159 e. The largest absolute Gasteiger partial charge is 0.456 e. The zero-order chi connectivity index (χ0) is 32.0. The molecule has 0 atom stereocenters. The molecular formula is C45H31NO2. The molecule has 1 aliphatic carbocycles. The lowest BCUT2D eigenvalue weighted by Gasteiger charge is -2.28. The molecule has 0 aliphatic heterocycles. The summed E-state index contributed by atoms with van der Waals surface area (Å²) in [6.45, 7) is 4.69. The maximum atomic E-state index is 6.93. The summed E-state index contributed by atoms with van der Waals surface area (Å²) in [5, 5.41) is 4.47. The summed E-state index contributed by atoms with van der Waals surface area (Å²) in [6, 6.07) is 53.8. The van der Waals surface area contributed by atoms with E-state index in [9.17, 15) is 0 Å². The van der Waals surface area contributed by atoms with Crippen LogP contribution >= 0.6 is 0 Å². The van der Waals surface area contributed by atoms with Gasteiger partial charge in [0.15, 0.2) is 5.58 Å². The van der Waals surface area contributed by atoms with Crippen molar-refractivity contribution >= 4 is 60.9 Å². The van der Waals surface area contributed by atoms with Gasteiger partial charge in [-0.2, -0.15) is 0 Å². The van der Waals surface area contributed by atoms with Gasteiger partial charge in [0.1, 0.15) is 16.7 Å². The SMILES string of the molecule is CC1(C)c2ccccc2-c2cc(N(c3ccc(-c4ccccc4)cc3)c3cccc4oc5ccccc5c34)c3oc4ccccc4c3c21. The zero-order valence-electron chi connectivity index (χ0n) is 26.7. The predicted octanol–water partition coefficient (Wildman–Crippen LogP) is 12.9. The zero-order valence-corrected chi connectivity index (χ0v) is 26.7. The fraction of sp³-hybridized carbons (Fsp3) is 0.0667. The van der Waals surface area contributed by atoms with Gasteiger partial charge in [-0.05, 0) is 75.8 Å². The Hall–Kier alpha value is -6.06. The van der Waals surface area contributed by atoms with Crippen LogP contribution in [0.2, 0.25) is 0 Å². The van der Waals surface area contributed by atoms with Gasteiger partial charge in [0.25, 0.3) is 0 Å². The summed E-state index contributed by atoms with van der Waals surface area (Å²) < 4.78 is 13.4. The van der Waals surface area contributed by atoms with Crippen LogP contribution in [0.25, 0.3) is 66.1 Å². The molecule has 48 heavy (non-hydrogen) atoms. The molecule has 2 aromatic heterocycles. The van der Waals surface area contributed by atoms with E-state index in [0.29, 0.717) is 0 Å². The van der Waals surface area contributed by atoms with Gasteiger partial charge >= 0.3 is 0 Å². The smallest absolute Gasteiger partial charge is 0.159 e. The first-order valence-electron chi connectivity index (χ1n) is 16.5. The molecule has 0 saturated carbocycles. The van der Waals surface area contributed by atoms with E-state index in [2.05, 4.69) is 158 Å². The molecule has 0 amide bonds. The number of furan rings is 2. The Bertz CT molecular complexity index is 2690. The highest BCUT2D eigenvalue weighted by Gasteiger charge is 2.39. The van der Waals surface area contributed by atoms with E-state index >= 15 is 0 Å².